The third-order valence-corrected chi connectivity index (χ3v) is 3.88. The van der Waals surface area contributed by atoms with Crippen molar-refractivity contribution in [3.63, 3.8) is 0 Å². The van der Waals surface area contributed by atoms with Crippen LogP contribution in [-0.4, -0.2) is 41.5 Å². The molecule has 1 aliphatic heterocycles. The van der Waals surface area contributed by atoms with Crippen molar-refractivity contribution in [1.82, 2.24) is 24.6 Å². The van der Waals surface area contributed by atoms with Crippen LogP contribution in [0.25, 0.3) is 11.0 Å². The standard InChI is InChI=1S/C10H8ClN5O2S/c1-15-9-5(2-12-15)8(11)13-6(14-9)3-16-7(17)4-19-10(16)18/h2H,3-4H2,1H3. The van der Waals surface area contributed by atoms with Crippen LogP contribution in [0.1, 0.15) is 5.82 Å². The lowest BCUT2D eigenvalue weighted by Gasteiger charge is -2.11. The molecule has 7 nitrogen and oxygen atoms in total. The van der Waals surface area contributed by atoms with Gasteiger partial charge in [0.25, 0.3) is 5.24 Å². The molecule has 0 unspecified atom stereocenters. The van der Waals surface area contributed by atoms with Gasteiger partial charge in [-0.25, -0.2) is 9.97 Å². The van der Waals surface area contributed by atoms with Crippen molar-refractivity contribution in [2.75, 3.05) is 5.75 Å². The second kappa shape index (κ2) is 4.46. The van der Waals surface area contributed by atoms with Crippen LogP contribution in [0.4, 0.5) is 4.79 Å². The van der Waals surface area contributed by atoms with Crippen molar-refractivity contribution in [2.24, 2.45) is 7.05 Å². The van der Waals surface area contributed by atoms with Gasteiger partial charge in [0, 0.05) is 7.05 Å². The number of aryl methyl sites for hydroxylation is 1. The zero-order valence-electron chi connectivity index (χ0n) is 9.83. The van der Waals surface area contributed by atoms with Crippen LogP contribution in [0.5, 0.6) is 0 Å². The van der Waals surface area contributed by atoms with Crippen LogP contribution >= 0.6 is 23.4 Å². The maximum absolute atomic E-state index is 11.5. The molecule has 0 aromatic carbocycles. The number of carbonyl (C=O) groups is 2. The highest BCUT2D eigenvalue weighted by molar-refractivity contribution is 8.14. The molecule has 0 spiro atoms. The van der Waals surface area contributed by atoms with Gasteiger partial charge < -0.3 is 0 Å². The SMILES string of the molecule is Cn1ncc2c(Cl)nc(CN3C(=O)CSC3=O)nc21. The number of halogens is 1. The minimum Gasteiger partial charge on any atom is -0.273 e. The first-order valence-electron chi connectivity index (χ1n) is 5.37. The molecule has 98 valence electrons. The molecule has 3 rings (SSSR count). The number of carbonyl (C=O) groups excluding carboxylic acids is 2. The molecule has 1 fully saturated rings. The van der Waals surface area contributed by atoms with Gasteiger partial charge in [0.2, 0.25) is 5.91 Å². The van der Waals surface area contributed by atoms with Gasteiger partial charge in [-0.05, 0) is 0 Å². The molecule has 0 aliphatic carbocycles. The van der Waals surface area contributed by atoms with Crippen molar-refractivity contribution < 1.29 is 9.59 Å². The summed E-state index contributed by atoms with van der Waals surface area (Å²) in [5.41, 5.74) is 0.571. The normalized spacial score (nSPS) is 15.8. The quantitative estimate of drug-likeness (QED) is 0.775. The Labute approximate surface area is 116 Å². The summed E-state index contributed by atoms with van der Waals surface area (Å²) >= 11 is 7.01. The molecule has 9 heteroatoms. The Morgan fingerprint density at radius 2 is 2.21 bits per heavy atom. The Morgan fingerprint density at radius 1 is 1.42 bits per heavy atom. The van der Waals surface area contributed by atoms with E-state index in [4.69, 9.17) is 11.6 Å². The third kappa shape index (κ3) is 2.06. The van der Waals surface area contributed by atoms with E-state index in [-0.39, 0.29) is 28.6 Å². The Balaban J connectivity index is 1.99. The first-order valence-corrected chi connectivity index (χ1v) is 6.74. The molecule has 2 aromatic rings. The molecule has 1 aliphatic rings. The van der Waals surface area contributed by atoms with E-state index < -0.39 is 0 Å². The van der Waals surface area contributed by atoms with E-state index in [0.29, 0.717) is 16.9 Å². The largest absolute Gasteiger partial charge is 0.289 e. The number of aromatic nitrogens is 4. The monoisotopic (exact) mass is 297 g/mol. The second-order valence-corrected chi connectivity index (χ2v) is 5.26. The van der Waals surface area contributed by atoms with E-state index in [0.717, 1.165) is 16.7 Å². The van der Waals surface area contributed by atoms with Crippen molar-refractivity contribution >= 4 is 45.5 Å². The molecule has 2 aromatic heterocycles. The summed E-state index contributed by atoms with van der Waals surface area (Å²) in [6, 6.07) is 0. The summed E-state index contributed by atoms with van der Waals surface area (Å²) in [5, 5.41) is 4.66. The highest BCUT2D eigenvalue weighted by Crippen LogP contribution is 2.23. The van der Waals surface area contributed by atoms with E-state index in [9.17, 15) is 9.59 Å². The number of nitrogens with zero attached hydrogens (tertiary/aromatic N) is 5. The highest BCUT2D eigenvalue weighted by atomic mass is 35.5. The van der Waals surface area contributed by atoms with Crippen molar-refractivity contribution in [3.8, 4) is 0 Å². The summed E-state index contributed by atoms with van der Waals surface area (Å²) < 4.78 is 1.56. The minimum absolute atomic E-state index is 0.0332. The molecule has 2 amide bonds. The van der Waals surface area contributed by atoms with Gasteiger partial charge in [0.05, 0.1) is 23.9 Å². The van der Waals surface area contributed by atoms with Crippen LogP contribution in [-0.2, 0) is 18.4 Å². The van der Waals surface area contributed by atoms with Crippen molar-refractivity contribution in [1.29, 1.82) is 0 Å². The lowest BCUT2D eigenvalue weighted by molar-refractivity contribution is -0.125. The summed E-state index contributed by atoms with van der Waals surface area (Å²) in [6.45, 7) is 0.0332. The number of amides is 2. The molecule has 0 bridgehead atoms. The minimum atomic E-state index is -0.283. The first kappa shape index (κ1) is 12.4. The van der Waals surface area contributed by atoms with Gasteiger partial charge in [-0.15, -0.1) is 0 Å². The van der Waals surface area contributed by atoms with Crippen LogP contribution in [0.3, 0.4) is 0 Å². The van der Waals surface area contributed by atoms with E-state index in [1.165, 1.54) is 0 Å². The van der Waals surface area contributed by atoms with Gasteiger partial charge in [-0.1, -0.05) is 23.4 Å². The summed E-state index contributed by atoms with van der Waals surface area (Å²) in [4.78, 5) is 32.5. The van der Waals surface area contributed by atoms with Gasteiger partial charge in [-0.2, -0.15) is 5.10 Å². The lowest BCUT2D eigenvalue weighted by atomic mass is 10.4. The molecule has 0 atom stereocenters. The zero-order chi connectivity index (χ0) is 13.6. The van der Waals surface area contributed by atoms with Gasteiger partial charge in [0.1, 0.15) is 5.15 Å². The van der Waals surface area contributed by atoms with E-state index in [1.54, 1.807) is 17.9 Å². The average molecular weight is 298 g/mol. The number of hydrogen-bond acceptors (Lipinski definition) is 6. The number of hydrogen-bond donors (Lipinski definition) is 0. The average Bonchev–Trinajstić information content (AvgIpc) is 2.88. The fraction of sp³-hybridized carbons (Fsp3) is 0.300. The van der Waals surface area contributed by atoms with Gasteiger partial charge >= 0.3 is 0 Å². The maximum Gasteiger partial charge on any atom is 0.289 e. The van der Waals surface area contributed by atoms with Gasteiger partial charge in [-0.3, -0.25) is 19.2 Å². The summed E-state index contributed by atoms with van der Waals surface area (Å²) in [7, 11) is 1.73. The Morgan fingerprint density at radius 3 is 2.89 bits per heavy atom. The maximum atomic E-state index is 11.5. The molecular weight excluding hydrogens is 290 g/mol. The van der Waals surface area contributed by atoms with E-state index in [2.05, 4.69) is 15.1 Å². The van der Waals surface area contributed by atoms with Crippen LogP contribution in [0, 0.1) is 0 Å². The fourth-order valence-electron chi connectivity index (χ4n) is 1.78. The first-order chi connectivity index (χ1) is 9.06. The Kier molecular flexibility index (Phi) is 2.90. The predicted molar refractivity (Wildman–Crippen MR) is 69.7 cm³/mol. The van der Waals surface area contributed by atoms with E-state index in [1.807, 2.05) is 0 Å². The number of rotatable bonds is 2. The molecule has 0 N–H and O–H groups in total. The highest BCUT2D eigenvalue weighted by Gasteiger charge is 2.30. The Hall–Kier alpha value is -1.67. The lowest BCUT2D eigenvalue weighted by Crippen LogP contribution is -2.28. The molecular formula is C10H8ClN5O2S. The van der Waals surface area contributed by atoms with Crippen LogP contribution < -0.4 is 0 Å². The Bertz CT molecular complexity index is 685. The summed E-state index contributed by atoms with van der Waals surface area (Å²) in [5.74, 6) is 0.255. The molecule has 0 saturated carbocycles. The zero-order valence-corrected chi connectivity index (χ0v) is 11.4. The molecule has 19 heavy (non-hydrogen) atoms. The summed E-state index contributed by atoms with van der Waals surface area (Å²) in [6.07, 6.45) is 1.57. The number of imide groups is 1. The van der Waals surface area contributed by atoms with E-state index >= 15 is 0 Å². The third-order valence-electron chi connectivity index (χ3n) is 2.73. The number of thioether (sulfide) groups is 1. The molecule has 0 radical (unpaired) electrons. The second-order valence-electron chi connectivity index (χ2n) is 3.97. The fourth-order valence-corrected chi connectivity index (χ4v) is 2.73. The van der Waals surface area contributed by atoms with Crippen LogP contribution in [0.15, 0.2) is 6.20 Å². The smallest absolute Gasteiger partial charge is 0.273 e. The van der Waals surface area contributed by atoms with Crippen molar-refractivity contribution in [2.45, 2.75) is 6.54 Å². The van der Waals surface area contributed by atoms with Crippen molar-refractivity contribution in [3.05, 3.63) is 17.2 Å². The van der Waals surface area contributed by atoms with Crippen LogP contribution in [0.2, 0.25) is 5.15 Å². The number of fused-ring (bicyclic) bond motifs is 1. The predicted octanol–water partition coefficient (Wildman–Crippen LogP) is 1.21. The van der Waals surface area contributed by atoms with Gasteiger partial charge in [0.15, 0.2) is 11.5 Å². The topological polar surface area (TPSA) is 81.0 Å². The molecule has 1 saturated heterocycles. The molecule has 3 heterocycles.